The van der Waals surface area contributed by atoms with Crippen molar-refractivity contribution in [3.8, 4) is 11.3 Å². The molecule has 156 valence electrons. The van der Waals surface area contributed by atoms with Gasteiger partial charge in [-0.05, 0) is 24.6 Å². The Morgan fingerprint density at radius 1 is 1.07 bits per heavy atom. The number of anilines is 1. The zero-order chi connectivity index (χ0) is 21.7. The molecular formula is C21H20N2O5S2. The van der Waals surface area contributed by atoms with E-state index in [4.69, 9.17) is 4.74 Å². The molecule has 1 aromatic heterocycles. The third kappa shape index (κ3) is 5.31. The summed E-state index contributed by atoms with van der Waals surface area (Å²) in [6, 6.07) is 15.3. The van der Waals surface area contributed by atoms with E-state index >= 15 is 0 Å². The summed E-state index contributed by atoms with van der Waals surface area (Å²) in [5.74, 6) is -0.823. The number of sulfone groups is 1. The van der Waals surface area contributed by atoms with E-state index in [0.717, 1.165) is 23.2 Å². The first-order valence-electron chi connectivity index (χ1n) is 9.10. The van der Waals surface area contributed by atoms with Crippen LogP contribution in [-0.2, 0) is 25.8 Å². The number of benzene rings is 2. The molecule has 1 heterocycles. The van der Waals surface area contributed by atoms with Crippen LogP contribution in [0.15, 0.2) is 59.5 Å². The minimum Gasteiger partial charge on any atom is -0.462 e. The highest BCUT2D eigenvalue weighted by atomic mass is 32.2. The number of hydrogen-bond acceptors (Lipinski definition) is 7. The quantitative estimate of drug-likeness (QED) is 0.559. The Labute approximate surface area is 178 Å². The van der Waals surface area contributed by atoms with Gasteiger partial charge >= 0.3 is 5.97 Å². The van der Waals surface area contributed by atoms with Gasteiger partial charge in [-0.2, -0.15) is 0 Å². The Kier molecular flexibility index (Phi) is 6.63. The first-order chi connectivity index (χ1) is 14.3. The van der Waals surface area contributed by atoms with E-state index < -0.39 is 15.8 Å². The van der Waals surface area contributed by atoms with E-state index in [2.05, 4.69) is 10.3 Å². The number of hydrogen-bond donors (Lipinski definition) is 1. The van der Waals surface area contributed by atoms with Gasteiger partial charge in [0.05, 0.1) is 23.6 Å². The molecule has 0 saturated carbocycles. The van der Waals surface area contributed by atoms with E-state index in [-0.39, 0.29) is 29.0 Å². The zero-order valence-electron chi connectivity index (χ0n) is 16.4. The predicted octanol–water partition coefficient (Wildman–Crippen LogP) is 3.57. The lowest BCUT2D eigenvalue weighted by molar-refractivity contribution is -0.115. The summed E-state index contributed by atoms with van der Waals surface area (Å²) in [5.41, 5.74) is 1.85. The molecule has 0 aliphatic heterocycles. The molecule has 0 atom stereocenters. The summed E-state index contributed by atoms with van der Waals surface area (Å²) in [6.45, 7) is 1.95. The maximum Gasteiger partial charge on any atom is 0.350 e. The molecular weight excluding hydrogens is 424 g/mol. The van der Waals surface area contributed by atoms with Crippen molar-refractivity contribution in [2.45, 2.75) is 18.2 Å². The summed E-state index contributed by atoms with van der Waals surface area (Å²) in [5, 5.41) is 2.99. The highest BCUT2D eigenvalue weighted by molar-refractivity contribution is 7.90. The highest BCUT2D eigenvalue weighted by Crippen LogP contribution is 2.32. The second-order valence-corrected chi connectivity index (χ2v) is 9.44. The summed E-state index contributed by atoms with van der Waals surface area (Å²) < 4.78 is 28.2. The largest absolute Gasteiger partial charge is 0.462 e. The Morgan fingerprint density at radius 3 is 2.33 bits per heavy atom. The maximum absolute atomic E-state index is 12.4. The van der Waals surface area contributed by atoms with Crippen molar-refractivity contribution >= 4 is 38.2 Å². The molecule has 3 rings (SSSR count). The van der Waals surface area contributed by atoms with Crippen LogP contribution in [0.3, 0.4) is 0 Å². The first-order valence-corrected chi connectivity index (χ1v) is 11.8. The molecule has 0 fully saturated rings. The minimum atomic E-state index is -3.29. The number of esters is 1. The second-order valence-electron chi connectivity index (χ2n) is 6.42. The normalized spacial score (nSPS) is 11.1. The molecule has 0 radical (unpaired) electrons. The molecule has 0 aliphatic rings. The van der Waals surface area contributed by atoms with Crippen LogP contribution < -0.4 is 5.32 Å². The predicted molar refractivity (Wildman–Crippen MR) is 115 cm³/mol. The van der Waals surface area contributed by atoms with Crippen molar-refractivity contribution in [3.63, 3.8) is 0 Å². The molecule has 2 aromatic carbocycles. The molecule has 1 amide bonds. The minimum absolute atomic E-state index is 0.0407. The lowest BCUT2D eigenvalue weighted by Crippen LogP contribution is -2.14. The van der Waals surface area contributed by atoms with Crippen LogP contribution in [0.25, 0.3) is 11.3 Å². The number of thiazole rings is 1. The van der Waals surface area contributed by atoms with Crippen molar-refractivity contribution in [3.05, 3.63) is 65.0 Å². The molecule has 0 spiro atoms. The topological polar surface area (TPSA) is 102 Å². The summed E-state index contributed by atoms with van der Waals surface area (Å²) in [6.07, 6.45) is 1.17. The van der Waals surface area contributed by atoms with Crippen LogP contribution in [0.4, 0.5) is 5.13 Å². The first kappa shape index (κ1) is 21.7. The van der Waals surface area contributed by atoms with Crippen molar-refractivity contribution in [2.75, 3.05) is 18.2 Å². The number of ether oxygens (including phenoxy) is 1. The van der Waals surface area contributed by atoms with Crippen LogP contribution in [-0.4, -0.2) is 38.1 Å². The SMILES string of the molecule is CCOC(=O)c1sc(NC(=O)Cc2ccc(S(C)(=O)=O)cc2)nc1-c1ccccc1. The fourth-order valence-corrected chi connectivity index (χ4v) is 4.23. The third-order valence-electron chi connectivity index (χ3n) is 4.10. The number of nitrogens with zero attached hydrogens (tertiary/aromatic N) is 1. The second kappa shape index (κ2) is 9.19. The van der Waals surface area contributed by atoms with Gasteiger partial charge in [-0.3, -0.25) is 4.79 Å². The van der Waals surface area contributed by atoms with Gasteiger partial charge in [0.2, 0.25) is 5.91 Å². The lowest BCUT2D eigenvalue weighted by atomic mass is 10.1. The molecule has 3 aromatic rings. The number of rotatable bonds is 7. The summed E-state index contributed by atoms with van der Waals surface area (Å²) >= 11 is 1.05. The summed E-state index contributed by atoms with van der Waals surface area (Å²) in [4.78, 5) is 29.7. The standard InChI is InChI=1S/C21H20N2O5S2/c1-3-28-20(25)19-18(15-7-5-4-6-8-15)23-21(29-19)22-17(24)13-14-9-11-16(12-10-14)30(2,26)27/h4-12H,3,13H2,1-2H3,(H,22,23,24). The van der Waals surface area contributed by atoms with Gasteiger partial charge < -0.3 is 10.1 Å². The van der Waals surface area contributed by atoms with E-state index in [9.17, 15) is 18.0 Å². The van der Waals surface area contributed by atoms with Crippen molar-refractivity contribution in [2.24, 2.45) is 0 Å². The Balaban J connectivity index is 1.79. The van der Waals surface area contributed by atoms with Crippen LogP contribution in [0.2, 0.25) is 0 Å². The van der Waals surface area contributed by atoms with Crippen LogP contribution in [0.1, 0.15) is 22.2 Å². The highest BCUT2D eigenvalue weighted by Gasteiger charge is 2.21. The van der Waals surface area contributed by atoms with Gasteiger partial charge in [-0.15, -0.1) is 0 Å². The maximum atomic E-state index is 12.4. The fourth-order valence-electron chi connectivity index (χ4n) is 2.70. The molecule has 0 aliphatic carbocycles. The zero-order valence-corrected chi connectivity index (χ0v) is 18.0. The van der Waals surface area contributed by atoms with Crippen molar-refractivity contribution in [1.82, 2.24) is 4.98 Å². The number of nitrogens with one attached hydrogen (secondary N) is 1. The summed E-state index contributed by atoms with van der Waals surface area (Å²) in [7, 11) is -3.29. The van der Waals surface area contributed by atoms with E-state index in [1.807, 2.05) is 30.3 Å². The van der Waals surface area contributed by atoms with E-state index in [1.54, 1.807) is 19.1 Å². The van der Waals surface area contributed by atoms with Crippen molar-refractivity contribution < 1.29 is 22.7 Å². The number of carbonyl (C=O) groups excluding carboxylic acids is 2. The van der Waals surface area contributed by atoms with Gasteiger partial charge in [0.1, 0.15) is 4.88 Å². The lowest BCUT2D eigenvalue weighted by Gasteiger charge is -2.03. The Bertz CT molecular complexity index is 1150. The Morgan fingerprint density at radius 2 is 1.73 bits per heavy atom. The number of amides is 1. The average molecular weight is 445 g/mol. The number of aromatic nitrogens is 1. The van der Waals surface area contributed by atoms with E-state index in [1.165, 1.54) is 12.1 Å². The van der Waals surface area contributed by atoms with Gasteiger partial charge in [0.25, 0.3) is 0 Å². The molecule has 0 saturated heterocycles. The molecule has 0 bridgehead atoms. The molecule has 1 N–H and O–H groups in total. The average Bonchev–Trinajstić information content (AvgIpc) is 3.12. The molecule has 30 heavy (non-hydrogen) atoms. The molecule has 7 nitrogen and oxygen atoms in total. The van der Waals surface area contributed by atoms with Crippen LogP contribution in [0.5, 0.6) is 0 Å². The van der Waals surface area contributed by atoms with Crippen LogP contribution >= 0.6 is 11.3 Å². The molecule has 9 heteroatoms. The number of carbonyl (C=O) groups is 2. The van der Waals surface area contributed by atoms with Gasteiger partial charge in [0.15, 0.2) is 15.0 Å². The smallest absolute Gasteiger partial charge is 0.350 e. The van der Waals surface area contributed by atoms with Gasteiger partial charge in [0, 0.05) is 11.8 Å². The van der Waals surface area contributed by atoms with E-state index in [0.29, 0.717) is 16.1 Å². The monoisotopic (exact) mass is 444 g/mol. The van der Waals surface area contributed by atoms with Crippen LogP contribution in [0, 0.1) is 0 Å². The van der Waals surface area contributed by atoms with Crippen molar-refractivity contribution in [1.29, 1.82) is 0 Å². The van der Waals surface area contributed by atoms with Gasteiger partial charge in [-0.1, -0.05) is 53.8 Å². The molecule has 0 unspecified atom stereocenters. The fraction of sp³-hybridized carbons (Fsp3) is 0.190. The Hall–Kier alpha value is -3.04. The third-order valence-corrected chi connectivity index (χ3v) is 6.18. The van der Waals surface area contributed by atoms with Gasteiger partial charge in [-0.25, -0.2) is 18.2 Å².